The lowest BCUT2D eigenvalue weighted by molar-refractivity contribution is -0.176. The Kier molecular flexibility index (Phi) is 3.42. The summed E-state index contributed by atoms with van der Waals surface area (Å²) in [6.45, 7) is -0.554. The summed E-state index contributed by atoms with van der Waals surface area (Å²) in [6, 6.07) is 0. The van der Waals surface area contributed by atoms with E-state index in [0.29, 0.717) is 0 Å². The van der Waals surface area contributed by atoms with E-state index >= 15 is 0 Å². The fourth-order valence-electron chi connectivity index (χ4n) is 1.36. The van der Waals surface area contributed by atoms with Crippen LogP contribution < -0.4 is 0 Å². The van der Waals surface area contributed by atoms with E-state index in [1.165, 1.54) is 0 Å². The molecule has 0 radical (unpaired) electrons. The van der Waals surface area contributed by atoms with E-state index in [9.17, 15) is 5.11 Å². The minimum Gasteiger partial charge on any atom is -0.396 e. The van der Waals surface area contributed by atoms with Gasteiger partial charge in [-0.05, 0) is 0 Å². The Morgan fingerprint density at radius 2 is 1.83 bits per heavy atom. The number of rotatable bonds is 2. The summed E-state index contributed by atoms with van der Waals surface area (Å²) in [5, 5.41) is 36.0. The SMILES string of the molecule is OC[C@H]1[C@H](O)[C@@H](O)CO[C@@H]1CO. The van der Waals surface area contributed by atoms with E-state index in [1.807, 2.05) is 0 Å². The molecule has 0 saturated carbocycles. The molecule has 72 valence electrons. The minimum atomic E-state index is -1.01. The van der Waals surface area contributed by atoms with Crippen molar-refractivity contribution in [2.24, 2.45) is 5.92 Å². The van der Waals surface area contributed by atoms with Crippen LogP contribution >= 0.6 is 0 Å². The van der Waals surface area contributed by atoms with Gasteiger partial charge in [0.05, 0.1) is 32.0 Å². The van der Waals surface area contributed by atoms with Gasteiger partial charge in [0.25, 0.3) is 0 Å². The van der Waals surface area contributed by atoms with Crippen LogP contribution in [0.3, 0.4) is 0 Å². The maximum atomic E-state index is 9.34. The maximum Gasteiger partial charge on any atom is 0.104 e. The van der Waals surface area contributed by atoms with Crippen molar-refractivity contribution in [3.05, 3.63) is 0 Å². The molecule has 5 heteroatoms. The van der Waals surface area contributed by atoms with Gasteiger partial charge in [0.1, 0.15) is 6.10 Å². The normalized spacial score (nSPS) is 43.0. The molecule has 4 N–H and O–H groups in total. The van der Waals surface area contributed by atoms with Crippen LogP contribution in [-0.2, 0) is 4.74 Å². The van der Waals surface area contributed by atoms with Crippen molar-refractivity contribution >= 4 is 0 Å². The Bertz CT molecular complexity index is 138. The third-order valence-corrected chi connectivity index (χ3v) is 2.18. The Hall–Kier alpha value is -0.200. The molecule has 0 bridgehead atoms. The second-order valence-electron chi connectivity index (χ2n) is 2.96. The molecule has 12 heavy (non-hydrogen) atoms. The quantitative estimate of drug-likeness (QED) is 0.382. The second-order valence-corrected chi connectivity index (χ2v) is 2.96. The molecule has 0 spiro atoms. The number of hydrogen-bond acceptors (Lipinski definition) is 5. The van der Waals surface area contributed by atoms with Gasteiger partial charge in [-0.15, -0.1) is 0 Å². The van der Waals surface area contributed by atoms with Crippen molar-refractivity contribution in [1.29, 1.82) is 0 Å². The van der Waals surface area contributed by atoms with Gasteiger partial charge in [0.2, 0.25) is 0 Å². The van der Waals surface area contributed by atoms with Crippen LogP contribution in [0.15, 0.2) is 0 Å². The van der Waals surface area contributed by atoms with Crippen molar-refractivity contribution in [3.63, 3.8) is 0 Å². The van der Waals surface area contributed by atoms with Crippen LogP contribution in [0.4, 0.5) is 0 Å². The molecule has 5 nitrogen and oxygen atoms in total. The molecule has 1 aliphatic heterocycles. The van der Waals surface area contributed by atoms with E-state index in [2.05, 4.69) is 0 Å². The highest BCUT2D eigenvalue weighted by Gasteiger charge is 2.37. The zero-order chi connectivity index (χ0) is 9.14. The summed E-state index contributed by atoms with van der Waals surface area (Å²) in [5.41, 5.74) is 0. The molecular formula is C7H14O5. The maximum absolute atomic E-state index is 9.34. The minimum absolute atomic E-state index is 0.00287. The summed E-state index contributed by atoms with van der Waals surface area (Å²) in [4.78, 5) is 0. The van der Waals surface area contributed by atoms with Crippen LogP contribution in [0.5, 0.6) is 0 Å². The molecule has 0 aromatic rings. The molecule has 1 fully saturated rings. The third-order valence-electron chi connectivity index (χ3n) is 2.18. The zero-order valence-corrected chi connectivity index (χ0v) is 6.63. The molecular weight excluding hydrogens is 164 g/mol. The van der Waals surface area contributed by atoms with Gasteiger partial charge >= 0.3 is 0 Å². The van der Waals surface area contributed by atoms with Crippen molar-refractivity contribution in [2.45, 2.75) is 18.3 Å². The van der Waals surface area contributed by atoms with Crippen molar-refractivity contribution in [2.75, 3.05) is 19.8 Å². The van der Waals surface area contributed by atoms with E-state index in [-0.39, 0.29) is 19.8 Å². The second kappa shape index (κ2) is 4.15. The van der Waals surface area contributed by atoms with Crippen LogP contribution in [0.2, 0.25) is 0 Å². The largest absolute Gasteiger partial charge is 0.396 e. The van der Waals surface area contributed by atoms with E-state index in [1.54, 1.807) is 0 Å². The number of aliphatic hydroxyl groups is 4. The zero-order valence-electron chi connectivity index (χ0n) is 6.63. The monoisotopic (exact) mass is 178 g/mol. The molecule has 0 aliphatic carbocycles. The predicted molar refractivity (Wildman–Crippen MR) is 39.4 cm³/mol. The highest BCUT2D eigenvalue weighted by Crippen LogP contribution is 2.20. The number of aliphatic hydroxyl groups excluding tert-OH is 4. The fourth-order valence-corrected chi connectivity index (χ4v) is 1.36. The van der Waals surface area contributed by atoms with Gasteiger partial charge in [-0.25, -0.2) is 0 Å². The van der Waals surface area contributed by atoms with Gasteiger partial charge in [0, 0.05) is 5.92 Å². The summed E-state index contributed by atoms with van der Waals surface area (Å²) < 4.78 is 4.99. The van der Waals surface area contributed by atoms with Crippen molar-refractivity contribution < 1.29 is 25.2 Å². The van der Waals surface area contributed by atoms with E-state index in [0.717, 1.165) is 0 Å². The van der Waals surface area contributed by atoms with Gasteiger partial charge < -0.3 is 25.2 Å². The Labute approximate surface area is 70.2 Å². The smallest absolute Gasteiger partial charge is 0.104 e. The Balaban J connectivity index is 2.58. The lowest BCUT2D eigenvalue weighted by atomic mass is 9.91. The van der Waals surface area contributed by atoms with Crippen LogP contribution in [0, 0.1) is 5.92 Å². The lowest BCUT2D eigenvalue weighted by Crippen LogP contribution is -2.51. The average molecular weight is 178 g/mol. The standard InChI is InChI=1S/C7H14O5/c8-1-4-6(2-9)12-3-5(10)7(4)11/h4-11H,1-3H2/t4-,5+,6-,7+/m1/s1. The van der Waals surface area contributed by atoms with E-state index < -0.39 is 24.2 Å². The van der Waals surface area contributed by atoms with Gasteiger partial charge in [-0.1, -0.05) is 0 Å². The van der Waals surface area contributed by atoms with E-state index in [4.69, 9.17) is 20.1 Å². The highest BCUT2D eigenvalue weighted by molar-refractivity contribution is 4.85. The highest BCUT2D eigenvalue weighted by atomic mass is 16.5. The van der Waals surface area contributed by atoms with Crippen LogP contribution in [-0.4, -0.2) is 58.6 Å². The number of hydrogen-bond donors (Lipinski definition) is 4. The Morgan fingerprint density at radius 3 is 2.33 bits per heavy atom. The van der Waals surface area contributed by atoms with Crippen molar-refractivity contribution in [1.82, 2.24) is 0 Å². The molecule has 4 atom stereocenters. The molecule has 0 aromatic carbocycles. The molecule has 1 aliphatic rings. The van der Waals surface area contributed by atoms with Gasteiger partial charge in [-0.2, -0.15) is 0 Å². The van der Waals surface area contributed by atoms with Crippen molar-refractivity contribution in [3.8, 4) is 0 Å². The van der Waals surface area contributed by atoms with Gasteiger partial charge in [-0.3, -0.25) is 0 Å². The molecule has 1 saturated heterocycles. The number of ether oxygens (including phenoxy) is 1. The summed E-state index contributed by atoms with van der Waals surface area (Å²) in [6.07, 6.45) is -2.56. The lowest BCUT2D eigenvalue weighted by Gasteiger charge is -2.36. The van der Waals surface area contributed by atoms with Crippen LogP contribution in [0.1, 0.15) is 0 Å². The first-order valence-electron chi connectivity index (χ1n) is 3.90. The van der Waals surface area contributed by atoms with Crippen LogP contribution in [0.25, 0.3) is 0 Å². The molecule has 0 amide bonds. The van der Waals surface area contributed by atoms with Gasteiger partial charge in [0.15, 0.2) is 0 Å². The summed E-state index contributed by atoms with van der Waals surface area (Å²) >= 11 is 0. The average Bonchev–Trinajstić information content (AvgIpc) is 2.09. The topological polar surface area (TPSA) is 90.2 Å². The molecule has 0 unspecified atom stereocenters. The third kappa shape index (κ3) is 1.75. The summed E-state index contributed by atoms with van der Waals surface area (Å²) in [7, 11) is 0. The molecule has 0 aromatic heterocycles. The first kappa shape index (κ1) is 9.88. The molecule has 1 rings (SSSR count). The summed E-state index contributed by atoms with van der Waals surface area (Å²) in [5.74, 6) is -0.598. The fraction of sp³-hybridized carbons (Fsp3) is 1.00. The predicted octanol–water partition coefficient (Wildman–Crippen LogP) is -2.29. The Morgan fingerprint density at radius 1 is 1.17 bits per heavy atom. The first-order chi connectivity index (χ1) is 5.70. The first-order valence-corrected chi connectivity index (χ1v) is 3.90. The molecule has 1 heterocycles.